The van der Waals surface area contributed by atoms with Crippen molar-refractivity contribution in [1.82, 2.24) is 16.0 Å². The Hall–Kier alpha value is -2.22. The Balaban J connectivity index is 1.87. The van der Waals surface area contributed by atoms with E-state index >= 15 is 0 Å². The molecule has 0 heterocycles. The Morgan fingerprint density at radius 1 is 1.03 bits per heavy atom. The minimum Gasteiger partial charge on any atom is -0.444 e. The fourth-order valence-corrected chi connectivity index (χ4v) is 3.60. The summed E-state index contributed by atoms with van der Waals surface area (Å²) >= 11 is 1.62. The maximum atomic E-state index is 12.6. The first-order chi connectivity index (χ1) is 13.7. The minimum absolute atomic E-state index is 0.137. The predicted octanol–water partition coefficient (Wildman–Crippen LogP) is 3.09. The van der Waals surface area contributed by atoms with Gasteiger partial charge in [-0.05, 0) is 64.1 Å². The smallest absolute Gasteiger partial charge is 0.408 e. The molecule has 0 bridgehead atoms. The first-order valence-corrected chi connectivity index (χ1v) is 11.1. The summed E-state index contributed by atoms with van der Waals surface area (Å²) in [5.41, 5.74) is -0.0158. The van der Waals surface area contributed by atoms with Gasteiger partial charge >= 0.3 is 6.09 Å². The Morgan fingerprint density at radius 3 is 2.17 bits per heavy atom. The minimum atomic E-state index is -0.630. The second-order valence-corrected chi connectivity index (χ2v) is 9.00. The molecular formula is C21H31N3O4S. The van der Waals surface area contributed by atoms with Crippen molar-refractivity contribution in [3.05, 3.63) is 29.8 Å². The number of rotatable bonds is 6. The van der Waals surface area contributed by atoms with E-state index in [9.17, 15) is 14.4 Å². The zero-order valence-electron chi connectivity index (χ0n) is 17.5. The molecule has 1 aliphatic carbocycles. The number of amides is 3. The second kappa shape index (κ2) is 10.5. The summed E-state index contributed by atoms with van der Waals surface area (Å²) in [7, 11) is 0. The molecule has 0 radical (unpaired) electrons. The molecule has 29 heavy (non-hydrogen) atoms. The van der Waals surface area contributed by atoms with Crippen LogP contribution in [-0.4, -0.2) is 48.4 Å². The average Bonchev–Trinajstić information content (AvgIpc) is 2.66. The first kappa shape index (κ1) is 23.1. The van der Waals surface area contributed by atoms with E-state index in [1.807, 2.05) is 30.5 Å². The second-order valence-electron chi connectivity index (χ2n) is 8.12. The van der Waals surface area contributed by atoms with Crippen LogP contribution in [0.5, 0.6) is 0 Å². The molecule has 0 aromatic heterocycles. The lowest BCUT2D eigenvalue weighted by atomic mass is 9.90. The molecule has 1 aromatic carbocycles. The van der Waals surface area contributed by atoms with Gasteiger partial charge in [-0.2, -0.15) is 0 Å². The van der Waals surface area contributed by atoms with Gasteiger partial charge in [-0.25, -0.2) is 4.79 Å². The summed E-state index contributed by atoms with van der Waals surface area (Å²) < 4.78 is 5.13. The molecule has 1 aliphatic rings. The zero-order valence-corrected chi connectivity index (χ0v) is 18.4. The van der Waals surface area contributed by atoms with Crippen molar-refractivity contribution in [2.45, 2.75) is 69.0 Å². The van der Waals surface area contributed by atoms with Gasteiger partial charge < -0.3 is 20.7 Å². The van der Waals surface area contributed by atoms with Gasteiger partial charge in [-0.15, -0.1) is 11.8 Å². The third-order valence-corrected chi connectivity index (χ3v) is 5.32. The van der Waals surface area contributed by atoms with Crippen molar-refractivity contribution in [2.75, 3.05) is 12.8 Å². The molecule has 1 aromatic rings. The van der Waals surface area contributed by atoms with Crippen molar-refractivity contribution in [3.8, 4) is 0 Å². The molecule has 160 valence electrons. The summed E-state index contributed by atoms with van der Waals surface area (Å²) in [6, 6.07) is 7.16. The molecule has 8 heteroatoms. The van der Waals surface area contributed by atoms with Gasteiger partial charge in [0.2, 0.25) is 5.91 Å². The number of hydrogen-bond acceptors (Lipinski definition) is 5. The van der Waals surface area contributed by atoms with Crippen LogP contribution < -0.4 is 16.0 Å². The van der Waals surface area contributed by atoms with Crippen molar-refractivity contribution < 1.29 is 19.1 Å². The molecule has 0 spiro atoms. The van der Waals surface area contributed by atoms with E-state index in [2.05, 4.69) is 16.0 Å². The van der Waals surface area contributed by atoms with Gasteiger partial charge in [0.05, 0.1) is 0 Å². The Kier molecular flexibility index (Phi) is 8.37. The Labute approximate surface area is 176 Å². The summed E-state index contributed by atoms with van der Waals surface area (Å²) in [6.07, 6.45) is 4.93. The molecule has 0 aliphatic heterocycles. The quantitative estimate of drug-likeness (QED) is 0.614. The summed E-state index contributed by atoms with van der Waals surface area (Å²) in [5.74, 6) is -0.443. The third kappa shape index (κ3) is 7.97. The lowest BCUT2D eigenvalue weighted by molar-refractivity contribution is -0.121. The predicted molar refractivity (Wildman–Crippen MR) is 114 cm³/mol. The van der Waals surface area contributed by atoms with Gasteiger partial charge in [0.15, 0.2) is 0 Å². The molecule has 0 saturated heterocycles. The van der Waals surface area contributed by atoms with Crippen LogP contribution in [0, 0.1) is 0 Å². The van der Waals surface area contributed by atoms with E-state index in [1.54, 1.807) is 32.5 Å². The summed E-state index contributed by atoms with van der Waals surface area (Å²) in [6.45, 7) is 5.12. The van der Waals surface area contributed by atoms with Crippen LogP contribution in [0.3, 0.4) is 0 Å². The third-order valence-electron chi connectivity index (χ3n) is 4.57. The SMILES string of the molecule is CSc1ccc(C(=O)NC2CCCCC2NC(=O)CNC(=O)OC(C)(C)C)cc1. The number of thioether (sulfide) groups is 1. The topological polar surface area (TPSA) is 96.5 Å². The molecule has 2 atom stereocenters. The fraction of sp³-hybridized carbons (Fsp3) is 0.571. The van der Waals surface area contributed by atoms with Gasteiger partial charge in [-0.1, -0.05) is 12.8 Å². The standard InChI is InChI=1S/C21H31N3O4S/c1-21(2,3)28-20(27)22-13-18(25)23-16-7-5-6-8-17(16)24-19(26)14-9-11-15(29-4)12-10-14/h9-12,16-17H,5-8,13H2,1-4H3,(H,22,27)(H,23,25)(H,24,26). The van der Waals surface area contributed by atoms with Crippen LogP contribution in [-0.2, 0) is 9.53 Å². The molecule has 1 saturated carbocycles. The van der Waals surface area contributed by atoms with Crippen LogP contribution in [0.4, 0.5) is 4.79 Å². The van der Waals surface area contributed by atoms with Crippen molar-refractivity contribution in [2.24, 2.45) is 0 Å². The molecule has 2 unspecified atom stereocenters. The molecular weight excluding hydrogens is 390 g/mol. The highest BCUT2D eigenvalue weighted by Crippen LogP contribution is 2.20. The van der Waals surface area contributed by atoms with E-state index in [0.717, 1.165) is 30.6 Å². The number of carbonyl (C=O) groups is 3. The van der Waals surface area contributed by atoms with E-state index in [4.69, 9.17) is 4.74 Å². The molecule has 3 amide bonds. The number of nitrogens with one attached hydrogen (secondary N) is 3. The van der Waals surface area contributed by atoms with E-state index < -0.39 is 11.7 Å². The largest absolute Gasteiger partial charge is 0.444 e. The fourth-order valence-electron chi connectivity index (χ4n) is 3.19. The van der Waals surface area contributed by atoms with Crippen LogP contribution >= 0.6 is 11.8 Å². The van der Waals surface area contributed by atoms with Gasteiger partial charge in [-0.3, -0.25) is 9.59 Å². The summed E-state index contributed by atoms with van der Waals surface area (Å²) in [5, 5.41) is 8.44. The zero-order chi connectivity index (χ0) is 21.4. The number of benzene rings is 1. The average molecular weight is 422 g/mol. The Morgan fingerprint density at radius 2 is 1.62 bits per heavy atom. The lowest BCUT2D eigenvalue weighted by Crippen LogP contribution is -2.54. The highest BCUT2D eigenvalue weighted by molar-refractivity contribution is 7.98. The highest BCUT2D eigenvalue weighted by Gasteiger charge is 2.28. The summed E-state index contributed by atoms with van der Waals surface area (Å²) in [4.78, 5) is 37.6. The monoisotopic (exact) mass is 421 g/mol. The number of ether oxygens (including phenoxy) is 1. The number of carbonyl (C=O) groups excluding carboxylic acids is 3. The first-order valence-electron chi connectivity index (χ1n) is 9.89. The number of hydrogen-bond donors (Lipinski definition) is 3. The van der Waals surface area contributed by atoms with Crippen LogP contribution in [0.2, 0.25) is 0 Å². The molecule has 7 nitrogen and oxygen atoms in total. The van der Waals surface area contributed by atoms with E-state index in [1.165, 1.54) is 0 Å². The maximum Gasteiger partial charge on any atom is 0.408 e. The van der Waals surface area contributed by atoms with Crippen molar-refractivity contribution >= 4 is 29.7 Å². The molecule has 2 rings (SSSR count). The Bertz CT molecular complexity index is 716. The van der Waals surface area contributed by atoms with E-state index in [-0.39, 0.29) is 30.4 Å². The van der Waals surface area contributed by atoms with Crippen molar-refractivity contribution in [3.63, 3.8) is 0 Å². The van der Waals surface area contributed by atoms with Crippen LogP contribution in [0.25, 0.3) is 0 Å². The van der Waals surface area contributed by atoms with E-state index in [0.29, 0.717) is 5.56 Å². The normalized spacial score (nSPS) is 19.2. The molecule has 3 N–H and O–H groups in total. The van der Waals surface area contributed by atoms with Gasteiger partial charge in [0.25, 0.3) is 5.91 Å². The van der Waals surface area contributed by atoms with Gasteiger partial charge in [0, 0.05) is 22.5 Å². The van der Waals surface area contributed by atoms with Crippen LogP contribution in [0.1, 0.15) is 56.8 Å². The van der Waals surface area contributed by atoms with Crippen LogP contribution in [0.15, 0.2) is 29.2 Å². The lowest BCUT2D eigenvalue weighted by Gasteiger charge is -2.33. The van der Waals surface area contributed by atoms with Gasteiger partial charge in [0.1, 0.15) is 12.1 Å². The number of alkyl carbamates (subject to hydrolysis) is 1. The molecule has 1 fully saturated rings. The highest BCUT2D eigenvalue weighted by atomic mass is 32.2. The van der Waals surface area contributed by atoms with Crippen molar-refractivity contribution in [1.29, 1.82) is 0 Å². The maximum absolute atomic E-state index is 12.6.